The van der Waals surface area contributed by atoms with Gasteiger partial charge in [0, 0.05) is 25.2 Å². The second-order valence-electron chi connectivity index (χ2n) is 7.63. The summed E-state index contributed by atoms with van der Waals surface area (Å²) in [5.74, 6) is -1.01. The Morgan fingerprint density at radius 2 is 2.00 bits per heavy atom. The molecule has 2 aliphatic heterocycles. The van der Waals surface area contributed by atoms with Gasteiger partial charge in [-0.25, -0.2) is 12.7 Å². The molecule has 3 aliphatic rings. The van der Waals surface area contributed by atoms with Crippen molar-refractivity contribution in [2.45, 2.75) is 51.2 Å². The second kappa shape index (κ2) is 6.72. The van der Waals surface area contributed by atoms with Gasteiger partial charge in [-0.3, -0.25) is 9.59 Å². The molecule has 0 radical (unpaired) electrons. The minimum atomic E-state index is -3.63. The van der Waals surface area contributed by atoms with E-state index in [1.165, 1.54) is 12.8 Å². The quantitative estimate of drug-likeness (QED) is 0.682. The Morgan fingerprint density at radius 3 is 2.56 bits per heavy atom. The zero-order valence-corrected chi connectivity index (χ0v) is 15.8. The van der Waals surface area contributed by atoms with E-state index in [-0.39, 0.29) is 23.8 Å². The molecule has 8 heteroatoms. The Bertz CT molecular complexity index is 684. The van der Waals surface area contributed by atoms with Crippen molar-refractivity contribution in [1.82, 2.24) is 14.5 Å². The second-order valence-corrected chi connectivity index (χ2v) is 9.49. The molecule has 1 saturated carbocycles. The summed E-state index contributed by atoms with van der Waals surface area (Å²) in [4.78, 5) is 27.0. The van der Waals surface area contributed by atoms with Crippen molar-refractivity contribution in [3.63, 3.8) is 0 Å². The Balaban J connectivity index is 1.76. The van der Waals surface area contributed by atoms with Crippen molar-refractivity contribution < 1.29 is 18.0 Å². The lowest BCUT2D eigenvalue weighted by Gasteiger charge is -2.28. The lowest BCUT2D eigenvalue weighted by Crippen LogP contribution is -2.43. The minimum Gasteiger partial charge on any atom is -0.333 e. The van der Waals surface area contributed by atoms with Gasteiger partial charge in [0.25, 0.3) is 0 Å². The van der Waals surface area contributed by atoms with Crippen LogP contribution in [0.1, 0.15) is 33.1 Å². The van der Waals surface area contributed by atoms with Gasteiger partial charge in [-0.15, -0.1) is 0 Å². The van der Waals surface area contributed by atoms with E-state index in [9.17, 15) is 18.0 Å². The van der Waals surface area contributed by atoms with Crippen LogP contribution in [0.4, 0.5) is 0 Å². The summed E-state index contributed by atoms with van der Waals surface area (Å²) in [6.45, 7) is 4.95. The van der Waals surface area contributed by atoms with Crippen LogP contribution in [0.5, 0.6) is 0 Å². The van der Waals surface area contributed by atoms with Crippen molar-refractivity contribution in [1.29, 1.82) is 0 Å². The standard InChI is InChI=1S/C17H27N3O4S/c1-11(2)15-16-13(20(17(15)22)25(3,23)24)8-10-19(16)14(21)5-4-9-18-12-6-7-12/h4-5,11-13,15-16,18H,6-10H2,1-3H3/b5-4+/t13-,15+,16-/m1/s1. The third-order valence-corrected chi connectivity index (χ3v) is 6.48. The number of rotatable bonds is 6. The van der Waals surface area contributed by atoms with E-state index < -0.39 is 22.0 Å². The highest BCUT2D eigenvalue weighted by Crippen LogP contribution is 2.41. The Hall–Kier alpha value is -1.41. The summed E-state index contributed by atoms with van der Waals surface area (Å²) in [5.41, 5.74) is 0. The van der Waals surface area contributed by atoms with E-state index in [0.29, 0.717) is 25.6 Å². The number of sulfonamides is 1. The lowest BCUT2D eigenvalue weighted by atomic mass is 9.88. The Morgan fingerprint density at radius 1 is 1.32 bits per heavy atom. The first kappa shape index (κ1) is 18.4. The molecule has 0 aromatic rings. The summed E-state index contributed by atoms with van der Waals surface area (Å²) in [5, 5.41) is 3.31. The van der Waals surface area contributed by atoms with Crippen molar-refractivity contribution in [3.8, 4) is 0 Å². The molecular weight excluding hydrogens is 342 g/mol. The van der Waals surface area contributed by atoms with Crippen LogP contribution in [0, 0.1) is 11.8 Å². The SMILES string of the molecule is CC(C)[C@@H]1C(=O)N(S(C)(=O)=O)[C@@H]2CCN(C(=O)/C=C/CNC3CC3)[C@H]21. The summed E-state index contributed by atoms with van der Waals surface area (Å²) in [6, 6.07) is -0.218. The number of nitrogens with one attached hydrogen (secondary N) is 1. The molecule has 7 nitrogen and oxygen atoms in total. The molecule has 2 saturated heterocycles. The van der Waals surface area contributed by atoms with Crippen LogP contribution in [0.3, 0.4) is 0 Å². The maximum Gasteiger partial charge on any atom is 0.246 e. The van der Waals surface area contributed by atoms with Crippen LogP contribution in [0.25, 0.3) is 0 Å². The van der Waals surface area contributed by atoms with E-state index in [0.717, 1.165) is 10.6 Å². The molecule has 1 aliphatic carbocycles. The third-order valence-electron chi connectivity index (χ3n) is 5.31. The fraction of sp³-hybridized carbons (Fsp3) is 0.765. The van der Waals surface area contributed by atoms with Gasteiger partial charge in [0.2, 0.25) is 21.8 Å². The first-order chi connectivity index (χ1) is 11.7. The van der Waals surface area contributed by atoms with Gasteiger partial charge in [0.15, 0.2) is 0 Å². The number of hydrogen-bond donors (Lipinski definition) is 1. The average molecular weight is 369 g/mol. The highest BCUT2D eigenvalue weighted by atomic mass is 32.2. The molecule has 140 valence electrons. The number of fused-ring (bicyclic) bond motifs is 1. The van der Waals surface area contributed by atoms with E-state index in [4.69, 9.17) is 0 Å². The number of nitrogens with zero attached hydrogens (tertiary/aromatic N) is 2. The van der Waals surface area contributed by atoms with Gasteiger partial charge in [-0.05, 0) is 25.2 Å². The fourth-order valence-corrected chi connectivity index (χ4v) is 5.24. The van der Waals surface area contributed by atoms with E-state index >= 15 is 0 Å². The molecule has 2 heterocycles. The van der Waals surface area contributed by atoms with E-state index in [2.05, 4.69) is 5.32 Å². The number of carbonyl (C=O) groups excluding carboxylic acids is 2. The van der Waals surface area contributed by atoms with Gasteiger partial charge in [0.1, 0.15) is 0 Å². The predicted octanol–water partition coefficient (Wildman–Crippen LogP) is 0.338. The molecule has 0 unspecified atom stereocenters. The number of likely N-dealkylation sites (tertiary alicyclic amines) is 1. The molecule has 3 atom stereocenters. The van der Waals surface area contributed by atoms with Gasteiger partial charge >= 0.3 is 0 Å². The van der Waals surface area contributed by atoms with Crippen LogP contribution in [0.2, 0.25) is 0 Å². The summed E-state index contributed by atoms with van der Waals surface area (Å²) < 4.78 is 25.2. The van der Waals surface area contributed by atoms with Gasteiger partial charge < -0.3 is 10.2 Å². The van der Waals surface area contributed by atoms with Crippen molar-refractivity contribution >= 4 is 21.8 Å². The summed E-state index contributed by atoms with van der Waals surface area (Å²) in [6.07, 6.45) is 7.31. The normalized spacial score (nSPS) is 29.9. The van der Waals surface area contributed by atoms with Crippen LogP contribution < -0.4 is 5.32 Å². The fourth-order valence-electron chi connectivity index (χ4n) is 4.07. The molecular formula is C17H27N3O4S. The van der Waals surface area contributed by atoms with Gasteiger partial charge in [-0.1, -0.05) is 19.9 Å². The molecule has 3 fully saturated rings. The Kier molecular flexibility index (Phi) is 4.94. The van der Waals surface area contributed by atoms with E-state index in [1.807, 2.05) is 19.9 Å². The molecule has 3 rings (SSSR count). The highest BCUT2D eigenvalue weighted by molar-refractivity contribution is 7.88. The van der Waals surface area contributed by atoms with Crippen LogP contribution in [-0.4, -0.2) is 66.9 Å². The zero-order chi connectivity index (χ0) is 18.4. The number of amides is 2. The monoisotopic (exact) mass is 369 g/mol. The number of hydrogen-bond acceptors (Lipinski definition) is 5. The van der Waals surface area contributed by atoms with Crippen molar-refractivity contribution in [2.75, 3.05) is 19.3 Å². The molecule has 25 heavy (non-hydrogen) atoms. The van der Waals surface area contributed by atoms with Crippen molar-refractivity contribution in [2.24, 2.45) is 11.8 Å². The maximum absolute atomic E-state index is 12.7. The molecule has 0 aromatic carbocycles. The lowest BCUT2D eigenvalue weighted by molar-refractivity contribution is -0.131. The van der Waals surface area contributed by atoms with E-state index in [1.54, 1.807) is 11.0 Å². The average Bonchev–Trinajstić information content (AvgIpc) is 3.15. The minimum absolute atomic E-state index is 0.0272. The predicted molar refractivity (Wildman–Crippen MR) is 94.1 cm³/mol. The van der Waals surface area contributed by atoms with Crippen LogP contribution in [-0.2, 0) is 19.6 Å². The first-order valence-electron chi connectivity index (χ1n) is 8.95. The zero-order valence-electron chi connectivity index (χ0n) is 15.0. The molecule has 2 amide bonds. The third kappa shape index (κ3) is 3.60. The van der Waals surface area contributed by atoms with Crippen molar-refractivity contribution in [3.05, 3.63) is 12.2 Å². The molecule has 0 bridgehead atoms. The maximum atomic E-state index is 12.7. The van der Waals surface area contributed by atoms with Gasteiger partial charge in [-0.2, -0.15) is 0 Å². The summed E-state index contributed by atoms with van der Waals surface area (Å²) in [7, 11) is -3.63. The first-order valence-corrected chi connectivity index (χ1v) is 10.8. The molecule has 1 N–H and O–H groups in total. The summed E-state index contributed by atoms with van der Waals surface area (Å²) >= 11 is 0. The smallest absolute Gasteiger partial charge is 0.246 e. The topological polar surface area (TPSA) is 86.8 Å². The molecule has 0 aromatic heterocycles. The largest absolute Gasteiger partial charge is 0.333 e. The highest BCUT2D eigenvalue weighted by Gasteiger charge is 2.58. The molecule has 0 spiro atoms. The van der Waals surface area contributed by atoms with Crippen LogP contribution in [0.15, 0.2) is 12.2 Å². The number of carbonyl (C=O) groups is 2. The van der Waals surface area contributed by atoms with Crippen LogP contribution >= 0.6 is 0 Å². The van der Waals surface area contributed by atoms with Gasteiger partial charge in [0.05, 0.1) is 24.3 Å². The Labute approximate surface area is 149 Å².